The van der Waals surface area contributed by atoms with Crippen molar-refractivity contribution >= 4 is 12.1 Å². The normalized spacial score (nSPS) is 12.2. The van der Waals surface area contributed by atoms with E-state index >= 15 is 0 Å². The Balaban J connectivity index is 4.19. The van der Waals surface area contributed by atoms with Crippen molar-refractivity contribution in [2.45, 2.75) is 129 Å². The van der Waals surface area contributed by atoms with Crippen LogP contribution in [-0.2, 0) is 19.0 Å². The predicted molar refractivity (Wildman–Crippen MR) is 140 cm³/mol. The van der Waals surface area contributed by atoms with Crippen LogP contribution in [0.15, 0.2) is 0 Å². The third-order valence-electron chi connectivity index (χ3n) is 6.09. The van der Waals surface area contributed by atoms with Crippen molar-refractivity contribution in [2.75, 3.05) is 26.2 Å². The number of rotatable bonds is 23. The van der Waals surface area contributed by atoms with Crippen LogP contribution in [0, 0.1) is 13.8 Å². The minimum absolute atomic E-state index is 0.182. The standard InChI is InChI=1S/C28H53NO5/c1-6-9-10-11-12-13-14-15-16-17-20-26(21-22-27(30)33-25(4)5)34-28(31)32-24-19-18-23-29(7-2)8-3/h25-26H,4-24H2,1-3H3. The van der Waals surface area contributed by atoms with E-state index in [1.54, 1.807) is 0 Å². The van der Waals surface area contributed by atoms with Crippen molar-refractivity contribution in [1.29, 1.82) is 0 Å². The molecule has 6 nitrogen and oxygen atoms in total. The second kappa shape index (κ2) is 23.4. The molecule has 0 aliphatic carbocycles. The van der Waals surface area contributed by atoms with Gasteiger partial charge in [-0.25, -0.2) is 4.79 Å². The molecular weight excluding hydrogens is 430 g/mol. The van der Waals surface area contributed by atoms with Crippen molar-refractivity contribution in [3.8, 4) is 0 Å². The van der Waals surface area contributed by atoms with E-state index in [1.807, 2.05) is 0 Å². The molecular formula is C28H53NO5. The number of hydrogen-bond acceptors (Lipinski definition) is 6. The number of ether oxygens (including phenoxy) is 3. The zero-order valence-corrected chi connectivity index (χ0v) is 22.5. The average molecular weight is 484 g/mol. The summed E-state index contributed by atoms with van der Waals surface area (Å²) in [4.78, 5) is 26.4. The molecule has 0 bridgehead atoms. The van der Waals surface area contributed by atoms with Gasteiger partial charge in [0, 0.05) is 6.42 Å². The zero-order chi connectivity index (χ0) is 25.4. The van der Waals surface area contributed by atoms with Crippen LogP contribution in [-0.4, -0.2) is 55.5 Å². The molecule has 6 heteroatoms. The fraction of sp³-hybridized carbons (Fsp3) is 0.857. The summed E-state index contributed by atoms with van der Waals surface area (Å²) in [5, 5.41) is 0. The molecule has 0 saturated carbocycles. The van der Waals surface area contributed by atoms with Gasteiger partial charge in [-0.2, -0.15) is 0 Å². The Kier molecular flexibility index (Phi) is 22.5. The minimum atomic E-state index is -0.638. The lowest BCUT2D eigenvalue weighted by Crippen LogP contribution is -2.24. The van der Waals surface area contributed by atoms with Gasteiger partial charge in [0.25, 0.3) is 0 Å². The lowest BCUT2D eigenvalue weighted by atomic mass is 10.0. The molecule has 0 aromatic heterocycles. The Bertz CT molecular complexity index is 479. The minimum Gasteiger partial charge on any atom is -0.462 e. The average Bonchev–Trinajstić information content (AvgIpc) is 2.80. The molecule has 1 atom stereocenters. The van der Waals surface area contributed by atoms with Gasteiger partial charge in [0.1, 0.15) is 12.2 Å². The molecule has 0 N–H and O–H groups in total. The van der Waals surface area contributed by atoms with Crippen molar-refractivity contribution in [2.24, 2.45) is 0 Å². The highest BCUT2D eigenvalue weighted by Crippen LogP contribution is 2.16. The van der Waals surface area contributed by atoms with Gasteiger partial charge in [0.15, 0.2) is 0 Å². The lowest BCUT2D eigenvalue weighted by molar-refractivity contribution is -0.146. The van der Waals surface area contributed by atoms with Crippen LogP contribution < -0.4 is 0 Å². The van der Waals surface area contributed by atoms with Crippen LogP contribution in [0.25, 0.3) is 0 Å². The van der Waals surface area contributed by atoms with Gasteiger partial charge >= 0.3 is 12.1 Å². The van der Waals surface area contributed by atoms with E-state index in [9.17, 15) is 9.59 Å². The largest absolute Gasteiger partial charge is 0.508 e. The Hall–Kier alpha value is -1.30. The highest BCUT2D eigenvalue weighted by atomic mass is 16.7. The Morgan fingerprint density at radius 3 is 1.88 bits per heavy atom. The summed E-state index contributed by atoms with van der Waals surface area (Å²) in [7, 11) is 0. The summed E-state index contributed by atoms with van der Waals surface area (Å²) in [5.74, 6) is -0.364. The van der Waals surface area contributed by atoms with Gasteiger partial charge in [-0.05, 0) is 65.6 Å². The van der Waals surface area contributed by atoms with Crippen LogP contribution in [0.5, 0.6) is 0 Å². The van der Waals surface area contributed by atoms with Crippen molar-refractivity contribution in [3.05, 3.63) is 13.8 Å². The van der Waals surface area contributed by atoms with Gasteiger partial charge in [-0.15, -0.1) is 0 Å². The summed E-state index contributed by atoms with van der Waals surface area (Å²) in [6, 6.07) is 0. The maximum atomic E-state index is 12.2. The Labute approximate surface area is 210 Å². The van der Waals surface area contributed by atoms with E-state index < -0.39 is 12.3 Å². The first kappa shape index (κ1) is 32.7. The van der Waals surface area contributed by atoms with Gasteiger partial charge in [-0.1, -0.05) is 78.6 Å². The third-order valence-corrected chi connectivity index (χ3v) is 6.09. The molecule has 0 aromatic rings. The summed E-state index contributed by atoms with van der Waals surface area (Å²) >= 11 is 0. The summed E-state index contributed by atoms with van der Waals surface area (Å²) in [6.07, 6.45) is 14.0. The molecule has 0 spiro atoms. The fourth-order valence-corrected chi connectivity index (χ4v) is 3.95. The molecule has 1 unspecified atom stereocenters. The first-order valence-corrected chi connectivity index (χ1v) is 13.8. The second-order valence-corrected chi connectivity index (χ2v) is 9.19. The third kappa shape index (κ3) is 21.2. The van der Waals surface area contributed by atoms with Crippen molar-refractivity contribution < 1.29 is 23.8 Å². The summed E-state index contributed by atoms with van der Waals surface area (Å²) in [5.41, 5.74) is 0. The molecule has 200 valence electrons. The van der Waals surface area contributed by atoms with E-state index in [0.29, 0.717) is 13.0 Å². The quantitative estimate of drug-likeness (QED) is 0.112. The molecule has 0 saturated heterocycles. The maximum absolute atomic E-state index is 12.2. The summed E-state index contributed by atoms with van der Waals surface area (Å²) < 4.78 is 15.8. The number of hydrogen-bond donors (Lipinski definition) is 0. The smallest absolute Gasteiger partial charge is 0.462 e. The molecule has 0 fully saturated rings. The van der Waals surface area contributed by atoms with Crippen LogP contribution in [0.1, 0.15) is 117 Å². The predicted octanol–water partition coefficient (Wildman–Crippen LogP) is 7.30. The van der Waals surface area contributed by atoms with Crippen molar-refractivity contribution in [1.82, 2.24) is 4.90 Å². The highest BCUT2D eigenvalue weighted by Gasteiger charge is 2.18. The van der Waals surface area contributed by atoms with E-state index in [0.717, 1.165) is 51.7 Å². The van der Waals surface area contributed by atoms with Crippen LogP contribution in [0.2, 0.25) is 0 Å². The topological polar surface area (TPSA) is 65.1 Å². The van der Waals surface area contributed by atoms with Gasteiger partial charge in [0.2, 0.25) is 0 Å². The first-order valence-electron chi connectivity index (χ1n) is 13.8. The fourth-order valence-electron chi connectivity index (χ4n) is 3.95. The number of esters is 1. The van der Waals surface area contributed by atoms with Crippen molar-refractivity contribution in [3.63, 3.8) is 0 Å². The second-order valence-electron chi connectivity index (χ2n) is 9.19. The molecule has 0 heterocycles. The van der Waals surface area contributed by atoms with Gasteiger partial charge in [0.05, 0.1) is 6.61 Å². The molecule has 2 radical (unpaired) electrons. The van der Waals surface area contributed by atoms with E-state index in [1.165, 1.54) is 51.4 Å². The molecule has 0 amide bonds. The van der Waals surface area contributed by atoms with Crippen LogP contribution in [0.3, 0.4) is 0 Å². The molecule has 0 aliphatic rings. The van der Waals surface area contributed by atoms with E-state index in [-0.39, 0.29) is 18.5 Å². The molecule has 34 heavy (non-hydrogen) atoms. The molecule has 0 aromatic carbocycles. The number of carbonyl (C=O) groups excluding carboxylic acids is 2. The highest BCUT2D eigenvalue weighted by molar-refractivity contribution is 5.69. The molecule has 0 aliphatic heterocycles. The lowest BCUT2D eigenvalue weighted by Gasteiger charge is -2.19. The maximum Gasteiger partial charge on any atom is 0.508 e. The Morgan fingerprint density at radius 2 is 1.32 bits per heavy atom. The monoisotopic (exact) mass is 483 g/mol. The number of carbonyl (C=O) groups is 2. The van der Waals surface area contributed by atoms with E-state index in [2.05, 4.69) is 39.5 Å². The zero-order valence-electron chi connectivity index (χ0n) is 22.5. The first-order chi connectivity index (χ1) is 16.4. The van der Waals surface area contributed by atoms with Crippen LogP contribution in [0.4, 0.5) is 4.79 Å². The van der Waals surface area contributed by atoms with Gasteiger partial charge in [-0.3, -0.25) is 4.79 Å². The number of unbranched alkanes of at least 4 members (excludes halogenated alkanes) is 10. The summed E-state index contributed by atoms with van der Waals surface area (Å²) in [6.45, 7) is 17.1. The van der Waals surface area contributed by atoms with Crippen LogP contribution >= 0.6 is 0 Å². The number of nitrogens with zero attached hydrogens (tertiary/aromatic N) is 1. The molecule has 0 rings (SSSR count). The SMILES string of the molecule is [CH2]C([CH2])OC(=O)CCC(CCCCCCCCCCCC)OC(=O)OCCCCN(CC)CC. The van der Waals surface area contributed by atoms with Gasteiger partial charge < -0.3 is 19.1 Å². The Morgan fingerprint density at radius 1 is 0.735 bits per heavy atom. The van der Waals surface area contributed by atoms with E-state index in [4.69, 9.17) is 14.2 Å².